The van der Waals surface area contributed by atoms with Crippen LogP contribution in [-0.2, 0) is 28.6 Å². The highest BCUT2D eigenvalue weighted by molar-refractivity contribution is 5.71. The number of esters is 3. The number of ether oxygens (including phenoxy) is 3. The lowest BCUT2D eigenvalue weighted by atomic mass is 10.0. The average molecular weight is 990 g/mol. The first-order valence-corrected chi connectivity index (χ1v) is 31.7. The van der Waals surface area contributed by atoms with Crippen LogP contribution < -0.4 is 0 Å². The van der Waals surface area contributed by atoms with Crippen LogP contribution in [-0.4, -0.2) is 37.2 Å². The molecule has 0 aliphatic rings. The highest BCUT2D eigenvalue weighted by atomic mass is 16.6. The molecule has 0 saturated carbocycles. The van der Waals surface area contributed by atoms with Gasteiger partial charge >= 0.3 is 17.9 Å². The average Bonchev–Trinajstić information content (AvgIpc) is 3.33. The van der Waals surface area contributed by atoms with Crippen molar-refractivity contribution in [1.29, 1.82) is 0 Å². The predicted molar refractivity (Wildman–Crippen MR) is 303 cm³/mol. The van der Waals surface area contributed by atoms with Crippen molar-refractivity contribution in [1.82, 2.24) is 0 Å². The summed E-state index contributed by atoms with van der Waals surface area (Å²) in [6, 6.07) is 0. The molecule has 1 atom stereocenters. The van der Waals surface area contributed by atoms with Crippen LogP contribution in [0.15, 0.2) is 0 Å². The standard InChI is InChI=1S/C64H124O6/c1-6-7-8-9-10-11-12-29-34-39-44-49-54-62(65)68-57-61(70-64(67)56-51-46-41-36-31-26-22-18-17-20-24-28-33-38-43-48-53-60(4)5)58-69-63(66)55-50-45-40-35-30-25-21-16-14-13-15-19-23-27-32-37-42-47-52-59(2)3/h59-61H,6-58H2,1-5H3/t61-/m0/s1. The Morgan fingerprint density at radius 1 is 0.271 bits per heavy atom. The van der Waals surface area contributed by atoms with Gasteiger partial charge in [0.15, 0.2) is 6.10 Å². The number of unbranched alkanes of at least 4 members (excludes halogenated alkanes) is 43. The SMILES string of the molecule is CCCCCCCCCCCCCCC(=O)OC[C@@H](COC(=O)CCCCCCCCCCCCCCCCCCCCC(C)C)OC(=O)CCCCCCCCCCCCCCCCCCC(C)C. The molecule has 0 aliphatic carbocycles. The second kappa shape index (κ2) is 56.7. The van der Waals surface area contributed by atoms with Crippen molar-refractivity contribution in [2.24, 2.45) is 11.8 Å². The topological polar surface area (TPSA) is 78.9 Å². The molecule has 0 amide bonds. The molecule has 0 spiro atoms. The van der Waals surface area contributed by atoms with Gasteiger partial charge < -0.3 is 14.2 Å². The van der Waals surface area contributed by atoms with Gasteiger partial charge in [-0.3, -0.25) is 14.4 Å². The summed E-state index contributed by atoms with van der Waals surface area (Å²) in [5.74, 6) is 0.879. The fourth-order valence-corrected chi connectivity index (χ4v) is 9.93. The molecule has 0 rings (SSSR count). The summed E-state index contributed by atoms with van der Waals surface area (Å²) in [7, 11) is 0. The molecule has 416 valence electrons. The van der Waals surface area contributed by atoms with Crippen molar-refractivity contribution in [2.45, 2.75) is 368 Å². The Balaban J connectivity index is 4.23. The van der Waals surface area contributed by atoms with E-state index in [1.165, 1.54) is 250 Å². The summed E-state index contributed by atoms with van der Waals surface area (Å²) in [4.78, 5) is 38.2. The zero-order valence-corrected chi connectivity index (χ0v) is 48.2. The highest BCUT2D eigenvalue weighted by Crippen LogP contribution is 2.19. The van der Waals surface area contributed by atoms with E-state index in [4.69, 9.17) is 14.2 Å². The van der Waals surface area contributed by atoms with Crippen molar-refractivity contribution >= 4 is 17.9 Å². The molecule has 0 unspecified atom stereocenters. The van der Waals surface area contributed by atoms with Crippen LogP contribution in [0.4, 0.5) is 0 Å². The third kappa shape index (κ3) is 57.3. The van der Waals surface area contributed by atoms with Gasteiger partial charge in [-0.25, -0.2) is 0 Å². The molecule has 0 bridgehead atoms. The minimum atomic E-state index is -0.763. The maximum Gasteiger partial charge on any atom is 0.306 e. The van der Waals surface area contributed by atoms with Gasteiger partial charge in [0.25, 0.3) is 0 Å². The van der Waals surface area contributed by atoms with Gasteiger partial charge in [0.05, 0.1) is 0 Å². The van der Waals surface area contributed by atoms with Gasteiger partial charge in [-0.15, -0.1) is 0 Å². The van der Waals surface area contributed by atoms with Gasteiger partial charge in [0.2, 0.25) is 0 Å². The number of hydrogen-bond acceptors (Lipinski definition) is 6. The molecule has 0 aromatic rings. The van der Waals surface area contributed by atoms with E-state index < -0.39 is 6.10 Å². The van der Waals surface area contributed by atoms with Crippen molar-refractivity contribution in [3.05, 3.63) is 0 Å². The van der Waals surface area contributed by atoms with E-state index in [0.29, 0.717) is 19.3 Å². The van der Waals surface area contributed by atoms with E-state index in [-0.39, 0.29) is 31.1 Å². The van der Waals surface area contributed by atoms with Crippen LogP contribution in [0.2, 0.25) is 0 Å². The lowest BCUT2D eigenvalue weighted by Crippen LogP contribution is -2.30. The zero-order valence-electron chi connectivity index (χ0n) is 48.2. The second-order valence-electron chi connectivity index (χ2n) is 23.0. The molecule has 6 heteroatoms. The smallest absolute Gasteiger partial charge is 0.306 e. The van der Waals surface area contributed by atoms with Crippen LogP contribution in [0, 0.1) is 11.8 Å². The first-order chi connectivity index (χ1) is 34.2. The molecule has 6 nitrogen and oxygen atoms in total. The molecular formula is C64H124O6. The van der Waals surface area contributed by atoms with E-state index in [9.17, 15) is 14.4 Å². The lowest BCUT2D eigenvalue weighted by molar-refractivity contribution is -0.167. The van der Waals surface area contributed by atoms with Crippen LogP contribution in [0.5, 0.6) is 0 Å². The summed E-state index contributed by atoms with van der Waals surface area (Å²) in [5, 5.41) is 0. The fourth-order valence-electron chi connectivity index (χ4n) is 9.93. The fraction of sp³-hybridized carbons (Fsp3) is 0.953. The predicted octanol–water partition coefficient (Wildman–Crippen LogP) is 21.2. The molecule has 70 heavy (non-hydrogen) atoms. The Labute approximate surface area is 438 Å². The molecule has 0 saturated heterocycles. The molecule has 0 heterocycles. The van der Waals surface area contributed by atoms with Gasteiger partial charge in [-0.1, -0.05) is 324 Å². The maximum atomic E-state index is 12.9. The number of carbonyl (C=O) groups is 3. The maximum absolute atomic E-state index is 12.9. The van der Waals surface area contributed by atoms with Crippen LogP contribution in [0.3, 0.4) is 0 Å². The minimum absolute atomic E-state index is 0.0618. The normalized spacial score (nSPS) is 12.0. The quantitative estimate of drug-likeness (QED) is 0.0343. The van der Waals surface area contributed by atoms with Gasteiger partial charge in [-0.05, 0) is 31.1 Å². The molecule has 0 aromatic carbocycles. The first-order valence-electron chi connectivity index (χ1n) is 31.7. The summed E-state index contributed by atoms with van der Waals surface area (Å²) in [5.41, 5.74) is 0. The highest BCUT2D eigenvalue weighted by Gasteiger charge is 2.19. The summed E-state index contributed by atoms with van der Waals surface area (Å²) in [6.07, 6.45) is 62.5. The van der Waals surface area contributed by atoms with E-state index >= 15 is 0 Å². The van der Waals surface area contributed by atoms with E-state index in [0.717, 1.165) is 69.6 Å². The monoisotopic (exact) mass is 989 g/mol. The van der Waals surface area contributed by atoms with E-state index in [1.54, 1.807) is 0 Å². The number of rotatable bonds is 58. The third-order valence-electron chi connectivity index (χ3n) is 14.7. The lowest BCUT2D eigenvalue weighted by Gasteiger charge is -2.18. The third-order valence-corrected chi connectivity index (χ3v) is 14.7. The van der Waals surface area contributed by atoms with Crippen LogP contribution in [0.25, 0.3) is 0 Å². The van der Waals surface area contributed by atoms with Crippen LogP contribution >= 0.6 is 0 Å². The Kier molecular flexibility index (Phi) is 55.4. The largest absolute Gasteiger partial charge is 0.462 e. The van der Waals surface area contributed by atoms with Gasteiger partial charge in [-0.2, -0.15) is 0 Å². The second-order valence-corrected chi connectivity index (χ2v) is 23.0. The Bertz CT molecular complexity index is 1070. The van der Waals surface area contributed by atoms with Gasteiger partial charge in [0, 0.05) is 19.3 Å². The molecule has 0 aromatic heterocycles. The Morgan fingerprint density at radius 2 is 0.471 bits per heavy atom. The van der Waals surface area contributed by atoms with E-state index in [2.05, 4.69) is 34.6 Å². The van der Waals surface area contributed by atoms with Crippen molar-refractivity contribution in [2.75, 3.05) is 13.2 Å². The molecular weight excluding hydrogens is 865 g/mol. The van der Waals surface area contributed by atoms with Gasteiger partial charge in [0.1, 0.15) is 13.2 Å². The summed E-state index contributed by atoms with van der Waals surface area (Å²) in [6.45, 7) is 11.5. The van der Waals surface area contributed by atoms with Crippen molar-refractivity contribution in [3.8, 4) is 0 Å². The van der Waals surface area contributed by atoms with Crippen molar-refractivity contribution in [3.63, 3.8) is 0 Å². The Hall–Kier alpha value is -1.59. The molecule has 0 radical (unpaired) electrons. The van der Waals surface area contributed by atoms with Crippen LogP contribution in [0.1, 0.15) is 362 Å². The minimum Gasteiger partial charge on any atom is -0.462 e. The Morgan fingerprint density at radius 3 is 0.700 bits per heavy atom. The molecule has 0 N–H and O–H groups in total. The summed E-state index contributed by atoms with van der Waals surface area (Å²) >= 11 is 0. The van der Waals surface area contributed by atoms with Crippen molar-refractivity contribution < 1.29 is 28.6 Å². The molecule has 0 fully saturated rings. The van der Waals surface area contributed by atoms with E-state index in [1.807, 2.05) is 0 Å². The zero-order chi connectivity index (χ0) is 51.1. The first kappa shape index (κ1) is 68.4. The molecule has 0 aliphatic heterocycles. The number of hydrogen-bond donors (Lipinski definition) is 0. The summed E-state index contributed by atoms with van der Waals surface area (Å²) < 4.78 is 16.9. The number of carbonyl (C=O) groups excluding carboxylic acids is 3.